The van der Waals surface area contributed by atoms with Crippen molar-refractivity contribution in [3.63, 3.8) is 0 Å². The maximum atomic E-state index is 4.89. The van der Waals surface area contributed by atoms with Crippen molar-refractivity contribution >= 4 is 26.7 Å². The first-order chi connectivity index (χ1) is 8.02. The second-order valence-corrected chi connectivity index (χ2v) is 12.1. The van der Waals surface area contributed by atoms with Crippen molar-refractivity contribution in [2.75, 3.05) is 0 Å². The summed E-state index contributed by atoms with van der Waals surface area (Å²) >= 11 is -0.556. The van der Waals surface area contributed by atoms with Crippen LogP contribution in [0.25, 0.3) is 0 Å². The summed E-state index contributed by atoms with van der Waals surface area (Å²) in [5.41, 5.74) is 1.56. The van der Waals surface area contributed by atoms with Gasteiger partial charge in [-0.25, -0.2) is 0 Å². The van der Waals surface area contributed by atoms with Gasteiger partial charge in [-0.3, -0.25) is 0 Å². The average Bonchev–Trinajstić information content (AvgIpc) is 2.95. The second kappa shape index (κ2) is 11.3. The van der Waals surface area contributed by atoms with Crippen LogP contribution in [-0.2, 0) is 17.0 Å². The molecule has 92 valence electrons. The van der Waals surface area contributed by atoms with E-state index in [2.05, 4.69) is 45.3 Å². The zero-order valence-corrected chi connectivity index (χ0v) is 14.5. The Bertz CT molecular complexity index is 154. The SMILES string of the molecule is C[Si](C)(C)[C]1[CH][CH][CH][CH]1.[CH]1[CH][CH][CH][CH]1.[Cl][Ti][Cl]. The first-order valence-electron chi connectivity index (χ1n) is 5.37. The molecule has 0 saturated heterocycles. The van der Waals surface area contributed by atoms with Gasteiger partial charge in [-0.15, -0.1) is 0 Å². The van der Waals surface area contributed by atoms with Crippen molar-refractivity contribution < 1.29 is 17.0 Å². The molecular formula is C13H18Cl2SiTi. The van der Waals surface area contributed by atoms with E-state index in [1.807, 2.05) is 32.1 Å². The molecule has 2 fully saturated rings. The molecular weight excluding hydrogens is 303 g/mol. The molecule has 0 spiro atoms. The van der Waals surface area contributed by atoms with E-state index in [4.69, 9.17) is 18.6 Å². The third kappa shape index (κ3) is 11.1. The van der Waals surface area contributed by atoms with Gasteiger partial charge in [0, 0.05) is 0 Å². The average molecular weight is 321 g/mol. The van der Waals surface area contributed by atoms with Crippen LogP contribution in [0.1, 0.15) is 0 Å². The van der Waals surface area contributed by atoms with E-state index in [9.17, 15) is 0 Å². The Labute approximate surface area is 126 Å². The van der Waals surface area contributed by atoms with Gasteiger partial charge in [0.25, 0.3) is 0 Å². The van der Waals surface area contributed by atoms with Crippen LogP contribution in [0.2, 0.25) is 19.6 Å². The molecule has 0 atom stereocenters. The molecule has 0 aromatic carbocycles. The monoisotopic (exact) mass is 320 g/mol. The predicted octanol–water partition coefficient (Wildman–Crippen LogP) is 4.67. The summed E-state index contributed by atoms with van der Waals surface area (Å²) in [4.78, 5) is 0. The molecule has 0 heterocycles. The Morgan fingerprint density at radius 1 is 0.765 bits per heavy atom. The van der Waals surface area contributed by atoms with Crippen LogP contribution in [0.4, 0.5) is 0 Å². The summed E-state index contributed by atoms with van der Waals surface area (Å²) < 4.78 is 0. The van der Waals surface area contributed by atoms with Crippen molar-refractivity contribution in [3.8, 4) is 0 Å². The zero-order valence-electron chi connectivity index (χ0n) is 10.5. The van der Waals surface area contributed by atoms with Gasteiger partial charge in [-0.1, -0.05) is 19.6 Å². The molecule has 0 nitrogen and oxygen atoms in total. The molecule has 2 rings (SSSR count). The maximum absolute atomic E-state index is 4.89. The van der Waals surface area contributed by atoms with Crippen molar-refractivity contribution in [1.82, 2.24) is 0 Å². The van der Waals surface area contributed by atoms with Gasteiger partial charge in [0.05, 0.1) is 8.07 Å². The van der Waals surface area contributed by atoms with Gasteiger partial charge in [-0.05, 0) is 63.3 Å². The molecule has 17 heavy (non-hydrogen) atoms. The summed E-state index contributed by atoms with van der Waals surface area (Å²) in [5.74, 6) is 0. The van der Waals surface area contributed by atoms with Crippen LogP contribution in [0.15, 0.2) is 0 Å². The van der Waals surface area contributed by atoms with Gasteiger partial charge in [0.2, 0.25) is 0 Å². The van der Waals surface area contributed by atoms with Crippen LogP contribution in [0.3, 0.4) is 0 Å². The summed E-state index contributed by atoms with van der Waals surface area (Å²) in [5, 5.41) is 0. The van der Waals surface area contributed by atoms with Crippen LogP contribution in [0.5, 0.6) is 0 Å². The molecule has 0 aliphatic heterocycles. The summed E-state index contributed by atoms with van der Waals surface area (Å²) in [7, 11) is 8.80. The Kier molecular flexibility index (Phi) is 12.4. The van der Waals surface area contributed by atoms with Crippen LogP contribution < -0.4 is 0 Å². The molecule has 0 aromatic rings. The molecule has 10 radical (unpaired) electrons. The van der Waals surface area contributed by atoms with Crippen molar-refractivity contribution in [3.05, 3.63) is 63.3 Å². The van der Waals surface area contributed by atoms with E-state index in [1.54, 1.807) is 5.54 Å². The fourth-order valence-electron chi connectivity index (χ4n) is 1.19. The van der Waals surface area contributed by atoms with Gasteiger partial charge < -0.3 is 0 Å². The summed E-state index contributed by atoms with van der Waals surface area (Å²) in [6.07, 6.45) is 18.7. The van der Waals surface area contributed by atoms with Gasteiger partial charge in [-0.2, -0.15) is 0 Å². The van der Waals surface area contributed by atoms with Gasteiger partial charge >= 0.3 is 35.6 Å². The number of rotatable bonds is 1. The van der Waals surface area contributed by atoms with E-state index in [0.717, 1.165) is 0 Å². The molecule has 0 unspecified atom stereocenters. The second-order valence-electron chi connectivity index (χ2n) is 4.46. The van der Waals surface area contributed by atoms with Gasteiger partial charge in [0.15, 0.2) is 0 Å². The van der Waals surface area contributed by atoms with Crippen LogP contribution in [-0.4, -0.2) is 8.07 Å². The normalized spacial score (nSPS) is 20.1. The Morgan fingerprint density at radius 3 is 1.24 bits per heavy atom. The van der Waals surface area contributed by atoms with E-state index in [0.29, 0.717) is 0 Å². The first kappa shape index (κ1) is 18.5. The number of hydrogen-bond acceptors (Lipinski definition) is 0. The van der Waals surface area contributed by atoms with E-state index < -0.39 is 25.1 Å². The van der Waals surface area contributed by atoms with Crippen molar-refractivity contribution in [1.29, 1.82) is 0 Å². The van der Waals surface area contributed by atoms with Crippen molar-refractivity contribution in [2.24, 2.45) is 0 Å². The topological polar surface area (TPSA) is 0 Å². The van der Waals surface area contributed by atoms with E-state index in [1.165, 1.54) is 0 Å². The van der Waals surface area contributed by atoms with E-state index >= 15 is 0 Å². The van der Waals surface area contributed by atoms with Crippen LogP contribution >= 0.6 is 18.6 Å². The van der Waals surface area contributed by atoms with Crippen LogP contribution in [0, 0.1) is 63.3 Å². The van der Waals surface area contributed by atoms with E-state index in [-0.39, 0.29) is 0 Å². The number of hydrogen-bond donors (Lipinski definition) is 0. The quantitative estimate of drug-likeness (QED) is 0.616. The molecule has 2 aliphatic rings. The third-order valence-electron chi connectivity index (χ3n) is 2.08. The Balaban J connectivity index is 0.000000270. The molecule has 0 bridgehead atoms. The molecule has 2 saturated carbocycles. The molecule has 0 aromatic heterocycles. The molecule has 0 N–H and O–H groups in total. The predicted molar refractivity (Wildman–Crippen MR) is 77.0 cm³/mol. The Morgan fingerprint density at radius 2 is 1.06 bits per heavy atom. The standard InChI is InChI=1S/C8H13Si.C5H5.2ClH.Ti/c1-9(2,3)8-6-4-5-7-8;1-2-4-5-3-1;;;/h4-7H,1-3H3;1-5H;2*1H;/q;;;;+2/p-2. The van der Waals surface area contributed by atoms with Gasteiger partial charge in [0.1, 0.15) is 0 Å². The first-order valence-corrected chi connectivity index (χ1v) is 13.2. The van der Waals surface area contributed by atoms with Crippen molar-refractivity contribution in [2.45, 2.75) is 19.6 Å². The Hall–Kier alpha value is 1.51. The minimum atomic E-state index is -0.981. The minimum absolute atomic E-state index is 0.556. The number of halogens is 2. The molecule has 0 amide bonds. The summed E-state index contributed by atoms with van der Waals surface area (Å²) in [6, 6.07) is 0. The zero-order chi connectivity index (χ0) is 13.1. The fraction of sp³-hybridized carbons (Fsp3) is 0.231. The fourth-order valence-corrected chi connectivity index (χ4v) is 2.39. The molecule has 2 aliphatic carbocycles. The summed E-state index contributed by atoms with van der Waals surface area (Å²) in [6.45, 7) is 7.09. The third-order valence-corrected chi connectivity index (χ3v) is 4.15. The molecule has 4 heteroatoms.